The van der Waals surface area contributed by atoms with Gasteiger partial charge in [-0.25, -0.2) is 9.78 Å². The molecular formula is C30H27N3O7. The van der Waals surface area contributed by atoms with Crippen molar-refractivity contribution in [2.45, 2.75) is 51.3 Å². The van der Waals surface area contributed by atoms with Gasteiger partial charge in [0, 0.05) is 23.5 Å². The number of imide groups is 1. The van der Waals surface area contributed by atoms with E-state index in [-0.39, 0.29) is 28.8 Å². The van der Waals surface area contributed by atoms with E-state index in [0.717, 1.165) is 48.4 Å². The smallest absolute Gasteiger partial charge is 0.354 e. The van der Waals surface area contributed by atoms with E-state index in [0.29, 0.717) is 34.9 Å². The van der Waals surface area contributed by atoms with Gasteiger partial charge >= 0.3 is 5.97 Å². The number of carboxylic acid groups (broad SMARTS) is 1. The van der Waals surface area contributed by atoms with Gasteiger partial charge in [0.25, 0.3) is 17.7 Å². The minimum Gasteiger partial charge on any atom is -0.493 e. The van der Waals surface area contributed by atoms with Crippen LogP contribution in [0.15, 0.2) is 48.7 Å². The second-order valence-electron chi connectivity index (χ2n) is 10.2. The third kappa shape index (κ3) is 4.16. The Hall–Kier alpha value is -4.73. The van der Waals surface area contributed by atoms with E-state index in [4.69, 9.17) is 9.47 Å². The van der Waals surface area contributed by atoms with Gasteiger partial charge < -0.3 is 19.5 Å². The molecular weight excluding hydrogens is 514 g/mol. The first-order chi connectivity index (χ1) is 19.3. The summed E-state index contributed by atoms with van der Waals surface area (Å²) >= 11 is 0. The summed E-state index contributed by atoms with van der Waals surface area (Å²) in [4.78, 5) is 57.6. The SMILES string of the molecule is COc1ccc(N2Cc3ccc(C(C)N4C(=O)c5cnc(C(=O)O)cc5C4=O)cc3C2=O)cc1OC1CCCC1. The predicted molar refractivity (Wildman–Crippen MR) is 143 cm³/mol. The molecule has 3 heterocycles. The molecule has 3 aromatic rings. The van der Waals surface area contributed by atoms with E-state index < -0.39 is 23.8 Å². The second kappa shape index (κ2) is 9.78. The first-order valence-electron chi connectivity index (χ1n) is 13.2. The number of amides is 3. The lowest BCUT2D eigenvalue weighted by Crippen LogP contribution is -2.32. The Morgan fingerprint density at radius 2 is 1.70 bits per heavy atom. The Bertz CT molecular complexity index is 1580. The van der Waals surface area contributed by atoms with E-state index in [1.165, 1.54) is 0 Å². The van der Waals surface area contributed by atoms with Crippen molar-refractivity contribution in [3.63, 3.8) is 0 Å². The number of pyridine rings is 1. The van der Waals surface area contributed by atoms with Gasteiger partial charge in [-0.05, 0) is 68.0 Å². The van der Waals surface area contributed by atoms with Gasteiger partial charge in [0.2, 0.25) is 0 Å². The lowest BCUT2D eigenvalue weighted by Gasteiger charge is -2.23. The summed E-state index contributed by atoms with van der Waals surface area (Å²) in [5.74, 6) is -1.42. The van der Waals surface area contributed by atoms with Gasteiger partial charge in [0.05, 0.1) is 36.9 Å². The third-order valence-electron chi connectivity index (χ3n) is 7.88. The normalized spacial score (nSPS) is 17.3. The molecule has 3 aliphatic rings. The number of benzene rings is 2. The molecule has 0 radical (unpaired) electrons. The van der Waals surface area contributed by atoms with E-state index >= 15 is 0 Å². The number of hydrogen-bond acceptors (Lipinski definition) is 7. The first-order valence-corrected chi connectivity index (χ1v) is 13.2. The fourth-order valence-corrected chi connectivity index (χ4v) is 5.67. The van der Waals surface area contributed by atoms with Gasteiger partial charge in [-0.15, -0.1) is 0 Å². The molecule has 1 N–H and O–H groups in total. The fraction of sp³-hybridized carbons (Fsp3) is 0.300. The quantitative estimate of drug-likeness (QED) is 0.429. The fourth-order valence-electron chi connectivity index (χ4n) is 5.67. The number of fused-ring (bicyclic) bond motifs is 2. The minimum atomic E-state index is -1.29. The van der Waals surface area contributed by atoms with Crippen molar-refractivity contribution in [3.8, 4) is 11.5 Å². The molecule has 1 saturated carbocycles. The number of aromatic nitrogens is 1. The first kappa shape index (κ1) is 25.5. The maximum atomic E-state index is 13.6. The molecule has 40 heavy (non-hydrogen) atoms. The topological polar surface area (TPSA) is 126 Å². The lowest BCUT2D eigenvalue weighted by molar-refractivity contribution is 0.0594. The highest BCUT2D eigenvalue weighted by atomic mass is 16.5. The van der Waals surface area contributed by atoms with Crippen molar-refractivity contribution in [1.29, 1.82) is 0 Å². The van der Waals surface area contributed by atoms with Crippen LogP contribution in [-0.4, -0.2) is 51.9 Å². The van der Waals surface area contributed by atoms with E-state index in [9.17, 15) is 24.3 Å². The van der Waals surface area contributed by atoms with E-state index in [1.54, 1.807) is 37.1 Å². The molecule has 0 bridgehead atoms. The lowest BCUT2D eigenvalue weighted by atomic mass is 10.0. The summed E-state index contributed by atoms with van der Waals surface area (Å²) < 4.78 is 11.7. The van der Waals surface area contributed by atoms with Gasteiger partial charge in [-0.2, -0.15) is 0 Å². The summed E-state index contributed by atoms with van der Waals surface area (Å²) in [6.07, 6.45) is 5.51. The van der Waals surface area contributed by atoms with Crippen molar-refractivity contribution in [3.05, 3.63) is 82.2 Å². The zero-order chi connectivity index (χ0) is 28.1. The molecule has 10 nitrogen and oxygen atoms in total. The van der Waals surface area contributed by atoms with Crippen molar-refractivity contribution in [1.82, 2.24) is 9.88 Å². The average molecular weight is 542 g/mol. The standard InChI is InChI=1S/C30H27N3O7/c1-16(33-28(35)22-13-24(30(37)38)31-14-23(22)29(33)36)17-7-8-18-15-32(27(34)21(18)11-17)19-9-10-25(39-2)26(12-19)40-20-5-3-4-6-20/h7-14,16,20H,3-6,15H2,1-2H3,(H,37,38). The molecule has 1 fully saturated rings. The van der Waals surface area contributed by atoms with Crippen molar-refractivity contribution >= 4 is 29.4 Å². The maximum absolute atomic E-state index is 13.6. The van der Waals surface area contributed by atoms with Crippen LogP contribution in [0.1, 0.15) is 91.3 Å². The number of rotatable bonds is 7. The van der Waals surface area contributed by atoms with Crippen LogP contribution in [0.3, 0.4) is 0 Å². The molecule has 0 spiro atoms. The molecule has 0 saturated heterocycles. The molecule has 1 aliphatic carbocycles. The van der Waals surface area contributed by atoms with E-state index in [2.05, 4.69) is 4.98 Å². The van der Waals surface area contributed by atoms with Crippen LogP contribution in [-0.2, 0) is 6.54 Å². The van der Waals surface area contributed by atoms with Crippen molar-refractivity contribution in [2.75, 3.05) is 12.0 Å². The zero-order valence-corrected chi connectivity index (χ0v) is 22.0. The number of carbonyl (C=O) groups excluding carboxylic acids is 3. The van der Waals surface area contributed by atoms with Crippen molar-refractivity contribution in [2.24, 2.45) is 0 Å². The molecule has 6 rings (SSSR count). The number of methoxy groups -OCH3 is 1. The number of carboxylic acids is 1. The van der Waals surface area contributed by atoms with Crippen molar-refractivity contribution < 1.29 is 33.8 Å². The van der Waals surface area contributed by atoms with Gasteiger partial charge in [0.1, 0.15) is 5.69 Å². The van der Waals surface area contributed by atoms with Crippen LogP contribution in [0.5, 0.6) is 11.5 Å². The molecule has 2 aliphatic heterocycles. The van der Waals surface area contributed by atoms with E-state index in [1.807, 2.05) is 18.2 Å². The number of ether oxygens (including phenoxy) is 2. The number of nitrogens with zero attached hydrogens (tertiary/aromatic N) is 3. The highest BCUT2D eigenvalue weighted by molar-refractivity contribution is 6.22. The highest BCUT2D eigenvalue weighted by Gasteiger charge is 2.40. The van der Waals surface area contributed by atoms with Crippen LogP contribution in [0.2, 0.25) is 0 Å². The Morgan fingerprint density at radius 1 is 0.950 bits per heavy atom. The minimum absolute atomic E-state index is 0.00259. The molecule has 10 heteroatoms. The number of carbonyl (C=O) groups is 4. The summed E-state index contributed by atoms with van der Waals surface area (Å²) in [5.41, 5.74) is 2.36. The molecule has 3 amide bonds. The van der Waals surface area contributed by atoms with Crippen LogP contribution >= 0.6 is 0 Å². The van der Waals surface area contributed by atoms with Crippen LogP contribution in [0, 0.1) is 0 Å². The Morgan fingerprint density at radius 3 is 2.42 bits per heavy atom. The monoisotopic (exact) mass is 541 g/mol. The van der Waals surface area contributed by atoms with Gasteiger partial charge in [-0.3, -0.25) is 19.3 Å². The van der Waals surface area contributed by atoms with Crippen LogP contribution < -0.4 is 14.4 Å². The predicted octanol–water partition coefficient (Wildman–Crippen LogP) is 4.63. The summed E-state index contributed by atoms with van der Waals surface area (Å²) in [7, 11) is 1.59. The highest BCUT2D eigenvalue weighted by Crippen LogP contribution is 2.39. The Kier molecular flexibility index (Phi) is 6.25. The van der Waals surface area contributed by atoms with Gasteiger partial charge in [0.15, 0.2) is 11.5 Å². The molecule has 1 atom stereocenters. The number of aromatic carboxylic acids is 1. The summed E-state index contributed by atoms with van der Waals surface area (Å²) in [5, 5.41) is 9.22. The maximum Gasteiger partial charge on any atom is 0.354 e. The third-order valence-corrected chi connectivity index (χ3v) is 7.88. The summed E-state index contributed by atoms with van der Waals surface area (Å²) in [6.45, 7) is 2.07. The molecule has 1 aromatic heterocycles. The zero-order valence-electron chi connectivity index (χ0n) is 22.0. The average Bonchev–Trinajstić information content (AvgIpc) is 3.65. The number of anilines is 1. The van der Waals surface area contributed by atoms with Gasteiger partial charge in [-0.1, -0.05) is 12.1 Å². The Balaban J connectivity index is 1.25. The largest absolute Gasteiger partial charge is 0.493 e. The van der Waals surface area contributed by atoms with Crippen LogP contribution in [0.25, 0.3) is 0 Å². The Labute approximate surface area is 230 Å². The molecule has 1 unspecified atom stereocenters. The second-order valence-corrected chi connectivity index (χ2v) is 10.2. The van der Waals surface area contributed by atoms with Crippen LogP contribution in [0.4, 0.5) is 5.69 Å². The molecule has 204 valence electrons. The molecule has 2 aromatic carbocycles. The number of hydrogen-bond donors (Lipinski definition) is 1. The summed E-state index contributed by atoms with van der Waals surface area (Å²) in [6, 6.07) is 11.2.